The van der Waals surface area contributed by atoms with E-state index < -0.39 is 17.4 Å². The van der Waals surface area contributed by atoms with Gasteiger partial charge in [0.05, 0.1) is 18.9 Å². The van der Waals surface area contributed by atoms with Crippen molar-refractivity contribution in [3.63, 3.8) is 0 Å². The van der Waals surface area contributed by atoms with Gasteiger partial charge in [0.2, 0.25) is 0 Å². The van der Waals surface area contributed by atoms with Crippen LogP contribution in [0.1, 0.15) is 39.1 Å². The zero-order chi connectivity index (χ0) is 16.0. The van der Waals surface area contributed by atoms with E-state index in [0.29, 0.717) is 0 Å². The molecule has 1 aromatic heterocycles. The molecule has 0 fully saturated rings. The van der Waals surface area contributed by atoms with Crippen LogP contribution in [0.4, 0.5) is 0 Å². The predicted molar refractivity (Wildman–Crippen MR) is 77.7 cm³/mol. The molecule has 0 radical (unpaired) electrons. The number of esters is 2. The van der Waals surface area contributed by atoms with E-state index in [1.807, 2.05) is 13.0 Å². The van der Waals surface area contributed by atoms with E-state index in [0.717, 1.165) is 17.8 Å². The zero-order valence-electron chi connectivity index (χ0n) is 13.4. The Morgan fingerprint density at radius 3 is 2.10 bits per heavy atom. The molecule has 0 amide bonds. The van der Waals surface area contributed by atoms with Crippen LogP contribution < -0.4 is 0 Å². The van der Waals surface area contributed by atoms with E-state index in [4.69, 9.17) is 9.47 Å². The Morgan fingerprint density at radius 1 is 1.19 bits per heavy atom. The number of carbonyl (C=O) groups excluding carboxylic acids is 2. The molecule has 1 rings (SSSR count). The summed E-state index contributed by atoms with van der Waals surface area (Å²) in [5.41, 5.74) is 0.364. The summed E-state index contributed by atoms with van der Waals surface area (Å²) in [6, 6.07) is 1.90. The number of ether oxygens (including phenoxy) is 2. The van der Waals surface area contributed by atoms with Crippen LogP contribution in [-0.2, 0) is 39.0 Å². The predicted octanol–water partition coefficient (Wildman–Crippen LogP) is 1.66. The second-order valence-corrected chi connectivity index (χ2v) is 5.05. The number of nitrogens with zero attached hydrogens (tertiary/aromatic N) is 2. The largest absolute Gasteiger partial charge is 0.465 e. The van der Waals surface area contributed by atoms with Gasteiger partial charge in [-0.25, -0.2) is 0 Å². The highest BCUT2D eigenvalue weighted by molar-refractivity contribution is 5.99. The van der Waals surface area contributed by atoms with E-state index in [1.165, 1.54) is 0 Å². The lowest BCUT2D eigenvalue weighted by Crippen LogP contribution is -2.41. The quantitative estimate of drug-likeness (QED) is 0.565. The van der Waals surface area contributed by atoms with Gasteiger partial charge in [0.1, 0.15) is 0 Å². The fourth-order valence-corrected chi connectivity index (χ4v) is 2.08. The Labute approximate surface area is 125 Å². The number of hydrogen-bond acceptors (Lipinski definition) is 5. The highest BCUT2D eigenvalue weighted by Gasteiger charge is 2.45. The van der Waals surface area contributed by atoms with Crippen molar-refractivity contribution in [2.75, 3.05) is 13.2 Å². The maximum atomic E-state index is 12.2. The summed E-state index contributed by atoms with van der Waals surface area (Å²) in [7, 11) is 1.80. The third kappa shape index (κ3) is 3.83. The first-order chi connectivity index (χ1) is 9.88. The lowest BCUT2D eigenvalue weighted by Gasteiger charge is -2.24. The van der Waals surface area contributed by atoms with Gasteiger partial charge < -0.3 is 9.47 Å². The van der Waals surface area contributed by atoms with Gasteiger partial charge in [0.15, 0.2) is 5.41 Å². The molecule has 0 saturated carbocycles. The molecule has 118 valence electrons. The molecule has 0 saturated heterocycles. The molecular formula is C15H24N2O4. The monoisotopic (exact) mass is 296 g/mol. The number of rotatable bonds is 7. The van der Waals surface area contributed by atoms with Crippen molar-refractivity contribution in [1.29, 1.82) is 0 Å². The molecule has 1 heterocycles. The van der Waals surface area contributed by atoms with Crippen molar-refractivity contribution < 1.29 is 19.1 Å². The van der Waals surface area contributed by atoms with Gasteiger partial charge in [-0.3, -0.25) is 14.3 Å². The van der Waals surface area contributed by atoms with Crippen LogP contribution in [0.15, 0.2) is 6.07 Å². The molecule has 6 nitrogen and oxygen atoms in total. The van der Waals surface area contributed by atoms with Crippen LogP contribution in [0.2, 0.25) is 0 Å². The summed E-state index contributed by atoms with van der Waals surface area (Å²) < 4.78 is 11.8. The maximum Gasteiger partial charge on any atom is 0.323 e. The number of aromatic nitrogens is 2. The molecule has 0 spiro atoms. The molecule has 21 heavy (non-hydrogen) atoms. The summed E-state index contributed by atoms with van der Waals surface area (Å²) in [6.07, 6.45) is 0.998. The Hall–Kier alpha value is -1.85. The first kappa shape index (κ1) is 17.2. The van der Waals surface area contributed by atoms with Gasteiger partial charge in [0, 0.05) is 19.2 Å². The molecule has 6 heteroatoms. The van der Waals surface area contributed by atoms with Gasteiger partial charge in [0.25, 0.3) is 0 Å². The highest BCUT2D eigenvalue weighted by Crippen LogP contribution is 2.27. The molecule has 1 aromatic rings. The first-order valence-corrected chi connectivity index (χ1v) is 7.25. The zero-order valence-corrected chi connectivity index (χ0v) is 13.4. The van der Waals surface area contributed by atoms with Crippen molar-refractivity contribution >= 4 is 11.9 Å². The van der Waals surface area contributed by atoms with Crippen LogP contribution in [0.3, 0.4) is 0 Å². The third-order valence-corrected chi connectivity index (χ3v) is 3.38. The number of carbonyl (C=O) groups is 2. The highest BCUT2D eigenvalue weighted by atomic mass is 16.6. The minimum Gasteiger partial charge on any atom is -0.465 e. The summed E-state index contributed by atoms with van der Waals surface area (Å²) in [6.45, 7) is 7.42. The maximum absolute atomic E-state index is 12.2. The molecule has 0 aromatic carbocycles. The molecule has 0 bridgehead atoms. The second-order valence-electron chi connectivity index (χ2n) is 5.05. The van der Waals surface area contributed by atoms with Crippen molar-refractivity contribution in [1.82, 2.24) is 9.78 Å². The molecular weight excluding hydrogens is 272 g/mol. The fraction of sp³-hybridized carbons (Fsp3) is 0.667. The van der Waals surface area contributed by atoms with Crippen LogP contribution in [0, 0.1) is 5.41 Å². The normalized spacial score (nSPS) is 11.3. The van der Waals surface area contributed by atoms with Crippen molar-refractivity contribution in [2.45, 2.75) is 40.5 Å². The minimum absolute atomic E-state index is 0.203. The Balaban J connectivity index is 3.09. The Bertz CT molecular complexity index is 490. The topological polar surface area (TPSA) is 70.4 Å². The molecule has 0 N–H and O–H groups in total. The molecule has 0 unspecified atom stereocenters. The molecule has 0 aliphatic carbocycles. The Morgan fingerprint density at radius 2 is 1.71 bits per heavy atom. The van der Waals surface area contributed by atoms with Gasteiger partial charge in [-0.1, -0.05) is 6.92 Å². The average Bonchev–Trinajstić information content (AvgIpc) is 2.79. The molecule has 0 aliphatic rings. The van der Waals surface area contributed by atoms with E-state index >= 15 is 0 Å². The van der Waals surface area contributed by atoms with Crippen LogP contribution in [-0.4, -0.2) is 34.9 Å². The van der Waals surface area contributed by atoms with E-state index in [-0.39, 0.29) is 19.6 Å². The van der Waals surface area contributed by atoms with Gasteiger partial charge in [-0.05, 0) is 33.3 Å². The smallest absolute Gasteiger partial charge is 0.323 e. The van der Waals surface area contributed by atoms with Crippen LogP contribution >= 0.6 is 0 Å². The minimum atomic E-state index is -1.36. The number of hydrogen-bond donors (Lipinski definition) is 0. The van der Waals surface area contributed by atoms with Crippen molar-refractivity contribution in [2.24, 2.45) is 12.5 Å². The summed E-state index contributed by atoms with van der Waals surface area (Å²) in [4.78, 5) is 24.4. The van der Waals surface area contributed by atoms with Gasteiger partial charge >= 0.3 is 11.9 Å². The Kier molecular flexibility index (Phi) is 5.93. The van der Waals surface area contributed by atoms with Gasteiger partial charge in [-0.15, -0.1) is 0 Å². The lowest BCUT2D eigenvalue weighted by atomic mass is 9.85. The lowest BCUT2D eigenvalue weighted by molar-refractivity contribution is -0.170. The van der Waals surface area contributed by atoms with E-state index in [9.17, 15) is 9.59 Å². The van der Waals surface area contributed by atoms with E-state index in [1.54, 1.807) is 32.5 Å². The van der Waals surface area contributed by atoms with Crippen molar-refractivity contribution in [3.05, 3.63) is 17.5 Å². The summed E-state index contributed by atoms with van der Waals surface area (Å²) in [5, 5.41) is 4.34. The molecule has 0 aliphatic heterocycles. The standard InChI is InChI=1S/C15H24N2O4/c1-6-11-9-12(17(5)16-11)10-15(4,13(18)20-7-2)14(19)21-8-3/h9H,6-8,10H2,1-5H3. The van der Waals surface area contributed by atoms with Crippen LogP contribution in [0.5, 0.6) is 0 Å². The summed E-state index contributed by atoms with van der Waals surface area (Å²) in [5.74, 6) is -1.13. The van der Waals surface area contributed by atoms with Crippen LogP contribution in [0.25, 0.3) is 0 Å². The average molecular weight is 296 g/mol. The van der Waals surface area contributed by atoms with Gasteiger partial charge in [-0.2, -0.15) is 5.10 Å². The van der Waals surface area contributed by atoms with Crippen molar-refractivity contribution in [3.8, 4) is 0 Å². The number of aryl methyl sites for hydroxylation is 2. The first-order valence-electron chi connectivity index (χ1n) is 7.25. The van der Waals surface area contributed by atoms with E-state index in [2.05, 4.69) is 5.10 Å². The SMILES string of the molecule is CCOC(=O)C(C)(Cc1cc(CC)nn1C)C(=O)OCC. The summed E-state index contributed by atoms with van der Waals surface area (Å²) >= 11 is 0. The fourth-order valence-electron chi connectivity index (χ4n) is 2.08. The second kappa shape index (κ2) is 7.24. The third-order valence-electron chi connectivity index (χ3n) is 3.38. The molecule has 0 atom stereocenters.